The third kappa shape index (κ3) is 3.30. The lowest BCUT2D eigenvalue weighted by atomic mass is 10.1. The Bertz CT molecular complexity index is 889. The van der Waals surface area contributed by atoms with E-state index >= 15 is 0 Å². The number of rotatable bonds is 5. The highest BCUT2D eigenvalue weighted by atomic mass is 79.9. The fraction of sp³-hybridized carbons (Fsp3) is 0.158. The maximum absolute atomic E-state index is 12.4. The SMILES string of the molecule is CC(C(=O)OCC(=O)c1cccc(Br)c1)N1C(=O)c2ccccc2C1=O. The summed E-state index contributed by atoms with van der Waals surface area (Å²) in [5.41, 5.74) is 0.894. The fourth-order valence-electron chi connectivity index (χ4n) is 2.67. The van der Waals surface area contributed by atoms with Crippen LogP contribution in [0.2, 0.25) is 0 Å². The molecular weight excluding hydrogens is 402 g/mol. The van der Waals surface area contributed by atoms with Crippen molar-refractivity contribution in [2.75, 3.05) is 6.61 Å². The van der Waals surface area contributed by atoms with Gasteiger partial charge in [-0.3, -0.25) is 19.3 Å². The summed E-state index contributed by atoms with van der Waals surface area (Å²) in [6.45, 7) is 0.927. The molecule has 1 unspecified atom stereocenters. The smallest absolute Gasteiger partial charge is 0.329 e. The van der Waals surface area contributed by atoms with Crippen LogP contribution in [0.15, 0.2) is 53.0 Å². The molecule has 0 aromatic heterocycles. The van der Waals surface area contributed by atoms with Crippen molar-refractivity contribution in [2.45, 2.75) is 13.0 Å². The van der Waals surface area contributed by atoms with Gasteiger partial charge in [-0.1, -0.05) is 40.2 Å². The van der Waals surface area contributed by atoms with E-state index in [0.717, 1.165) is 9.37 Å². The minimum Gasteiger partial charge on any atom is -0.456 e. The molecule has 3 rings (SSSR count). The second kappa shape index (κ2) is 7.21. The van der Waals surface area contributed by atoms with E-state index in [-0.39, 0.29) is 16.9 Å². The van der Waals surface area contributed by atoms with E-state index in [4.69, 9.17) is 4.74 Å². The van der Waals surface area contributed by atoms with Gasteiger partial charge in [0.05, 0.1) is 11.1 Å². The van der Waals surface area contributed by atoms with Crippen molar-refractivity contribution in [1.29, 1.82) is 0 Å². The molecule has 1 heterocycles. The summed E-state index contributed by atoms with van der Waals surface area (Å²) in [7, 11) is 0. The number of Topliss-reactive ketones (excluding diaryl/α,β-unsaturated/α-hetero) is 1. The van der Waals surface area contributed by atoms with Crippen LogP contribution in [0.5, 0.6) is 0 Å². The fourth-order valence-corrected chi connectivity index (χ4v) is 3.07. The average molecular weight is 416 g/mol. The number of ketones is 1. The van der Waals surface area contributed by atoms with Gasteiger partial charge >= 0.3 is 5.97 Å². The molecule has 0 saturated carbocycles. The summed E-state index contributed by atoms with van der Waals surface area (Å²) in [6.07, 6.45) is 0. The topological polar surface area (TPSA) is 80.8 Å². The maximum atomic E-state index is 12.4. The molecule has 132 valence electrons. The number of benzene rings is 2. The molecule has 6 nitrogen and oxygen atoms in total. The van der Waals surface area contributed by atoms with Crippen LogP contribution in [0.3, 0.4) is 0 Å². The van der Waals surface area contributed by atoms with E-state index < -0.39 is 30.4 Å². The van der Waals surface area contributed by atoms with Crippen LogP contribution in [-0.4, -0.2) is 41.1 Å². The lowest BCUT2D eigenvalue weighted by molar-refractivity contribution is -0.146. The van der Waals surface area contributed by atoms with Gasteiger partial charge in [0.1, 0.15) is 6.04 Å². The Hall–Kier alpha value is -2.80. The number of nitrogens with zero attached hydrogens (tertiary/aromatic N) is 1. The highest BCUT2D eigenvalue weighted by molar-refractivity contribution is 9.10. The molecule has 0 aliphatic carbocycles. The molecule has 0 radical (unpaired) electrons. The van der Waals surface area contributed by atoms with Crippen molar-refractivity contribution < 1.29 is 23.9 Å². The molecule has 1 aliphatic heterocycles. The summed E-state index contributed by atoms with van der Waals surface area (Å²) >= 11 is 3.26. The molecule has 26 heavy (non-hydrogen) atoms. The van der Waals surface area contributed by atoms with Gasteiger partial charge in [0.2, 0.25) is 0 Å². The molecule has 0 N–H and O–H groups in total. The quantitative estimate of drug-likeness (QED) is 0.426. The van der Waals surface area contributed by atoms with Crippen molar-refractivity contribution in [3.05, 3.63) is 69.7 Å². The Morgan fingerprint density at radius 1 is 1.04 bits per heavy atom. The van der Waals surface area contributed by atoms with Crippen LogP contribution in [0.4, 0.5) is 0 Å². The van der Waals surface area contributed by atoms with Crippen molar-refractivity contribution in [3.8, 4) is 0 Å². The molecule has 1 atom stereocenters. The summed E-state index contributed by atoms with van der Waals surface area (Å²) in [5, 5.41) is 0. The first kappa shape index (κ1) is 18.0. The van der Waals surface area contributed by atoms with Crippen molar-refractivity contribution >= 4 is 39.5 Å². The zero-order valence-corrected chi connectivity index (χ0v) is 15.4. The van der Waals surface area contributed by atoms with Gasteiger partial charge in [0.15, 0.2) is 12.4 Å². The van der Waals surface area contributed by atoms with E-state index in [1.165, 1.54) is 19.1 Å². The van der Waals surface area contributed by atoms with Crippen LogP contribution in [0.1, 0.15) is 38.0 Å². The molecule has 0 saturated heterocycles. The molecule has 2 aromatic carbocycles. The number of amides is 2. The van der Waals surface area contributed by atoms with Gasteiger partial charge in [-0.25, -0.2) is 4.79 Å². The predicted molar refractivity (Wildman–Crippen MR) is 95.8 cm³/mol. The van der Waals surface area contributed by atoms with Crippen LogP contribution < -0.4 is 0 Å². The number of fused-ring (bicyclic) bond motifs is 1. The molecule has 0 bridgehead atoms. The molecule has 2 amide bonds. The molecular formula is C19H14BrNO5. The van der Waals surface area contributed by atoms with Crippen LogP contribution in [0.25, 0.3) is 0 Å². The summed E-state index contributed by atoms with van der Waals surface area (Å²) in [6, 6.07) is 11.9. The normalized spacial score (nSPS) is 14.2. The molecule has 2 aromatic rings. The second-order valence-corrected chi connectivity index (χ2v) is 6.66. The van der Waals surface area contributed by atoms with Crippen molar-refractivity contribution in [1.82, 2.24) is 4.90 Å². The molecule has 1 aliphatic rings. The Kier molecular flexibility index (Phi) is 4.99. The Morgan fingerprint density at radius 2 is 1.65 bits per heavy atom. The summed E-state index contributed by atoms with van der Waals surface area (Å²) in [5.74, 6) is -2.29. The highest BCUT2D eigenvalue weighted by Gasteiger charge is 2.41. The Labute approximate surface area is 157 Å². The van der Waals surface area contributed by atoms with Crippen LogP contribution in [0, 0.1) is 0 Å². The van der Waals surface area contributed by atoms with E-state index in [0.29, 0.717) is 5.56 Å². The number of ether oxygens (including phenoxy) is 1. The first-order valence-corrected chi connectivity index (χ1v) is 8.61. The van der Waals surface area contributed by atoms with Gasteiger partial charge in [-0.15, -0.1) is 0 Å². The predicted octanol–water partition coefficient (Wildman–Crippen LogP) is 2.86. The Balaban J connectivity index is 1.66. The lowest BCUT2D eigenvalue weighted by Crippen LogP contribution is -2.44. The van der Waals surface area contributed by atoms with Crippen molar-refractivity contribution in [3.63, 3.8) is 0 Å². The molecule has 7 heteroatoms. The number of carbonyl (C=O) groups excluding carboxylic acids is 4. The number of imide groups is 1. The van der Waals surface area contributed by atoms with Gasteiger partial charge in [0.25, 0.3) is 11.8 Å². The first-order chi connectivity index (χ1) is 12.4. The number of halogens is 1. The van der Waals surface area contributed by atoms with Crippen LogP contribution >= 0.6 is 15.9 Å². The minimum atomic E-state index is -1.13. The minimum absolute atomic E-state index is 0.252. The number of carbonyl (C=O) groups is 4. The molecule has 0 spiro atoms. The third-order valence-corrected chi connectivity index (χ3v) is 4.54. The average Bonchev–Trinajstić information content (AvgIpc) is 2.90. The van der Waals surface area contributed by atoms with E-state index in [1.54, 1.807) is 36.4 Å². The summed E-state index contributed by atoms with van der Waals surface area (Å²) in [4.78, 5) is 50.0. The first-order valence-electron chi connectivity index (χ1n) is 7.82. The molecule has 0 fully saturated rings. The zero-order valence-electron chi connectivity index (χ0n) is 13.8. The van der Waals surface area contributed by atoms with Crippen molar-refractivity contribution in [2.24, 2.45) is 0 Å². The maximum Gasteiger partial charge on any atom is 0.329 e. The number of esters is 1. The van der Waals surface area contributed by atoms with Crippen LogP contribution in [-0.2, 0) is 9.53 Å². The van der Waals surface area contributed by atoms with E-state index in [1.807, 2.05) is 0 Å². The largest absolute Gasteiger partial charge is 0.456 e. The highest BCUT2D eigenvalue weighted by Crippen LogP contribution is 2.24. The summed E-state index contributed by atoms with van der Waals surface area (Å²) < 4.78 is 5.75. The van der Waals surface area contributed by atoms with E-state index in [9.17, 15) is 19.2 Å². The lowest BCUT2D eigenvalue weighted by Gasteiger charge is -2.20. The van der Waals surface area contributed by atoms with E-state index in [2.05, 4.69) is 15.9 Å². The zero-order chi connectivity index (χ0) is 18.8. The van der Waals surface area contributed by atoms with Gasteiger partial charge < -0.3 is 4.74 Å². The number of hydrogen-bond donors (Lipinski definition) is 0. The number of hydrogen-bond acceptors (Lipinski definition) is 5. The monoisotopic (exact) mass is 415 g/mol. The van der Waals surface area contributed by atoms with Gasteiger partial charge in [0, 0.05) is 10.0 Å². The third-order valence-electron chi connectivity index (χ3n) is 4.05. The standard InChI is InChI=1S/C19H14BrNO5/c1-11(21-17(23)14-7-2-3-8-15(14)18(21)24)19(25)26-10-16(22)12-5-4-6-13(20)9-12/h2-9,11H,10H2,1H3. The van der Waals surface area contributed by atoms with Gasteiger partial charge in [-0.2, -0.15) is 0 Å². The second-order valence-electron chi connectivity index (χ2n) is 5.74. The Morgan fingerprint density at radius 3 is 2.23 bits per heavy atom. The van der Waals surface area contributed by atoms with Gasteiger partial charge in [-0.05, 0) is 31.2 Å².